The number of nitrogens with one attached hydrogen (secondary N) is 1. The van der Waals surface area contributed by atoms with Gasteiger partial charge in [-0.05, 0) is 63.1 Å². The van der Waals surface area contributed by atoms with Crippen LogP contribution in [0.1, 0.15) is 38.8 Å². The quantitative estimate of drug-likeness (QED) is 0.275. The molecular formula is C31H37Cl2N3O5S. The summed E-state index contributed by atoms with van der Waals surface area (Å²) in [5.41, 5.74) is 1.10. The van der Waals surface area contributed by atoms with Crippen molar-refractivity contribution >= 4 is 50.7 Å². The van der Waals surface area contributed by atoms with E-state index in [1.807, 2.05) is 51.1 Å². The van der Waals surface area contributed by atoms with E-state index in [-0.39, 0.29) is 24.6 Å². The van der Waals surface area contributed by atoms with Crippen LogP contribution < -0.4 is 14.4 Å². The Kier molecular flexibility index (Phi) is 11.3. The third-order valence-electron chi connectivity index (χ3n) is 6.22. The molecule has 0 bridgehead atoms. The minimum atomic E-state index is -3.94. The number of sulfonamides is 1. The number of carbonyl (C=O) groups is 2. The van der Waals surface area contributed by atoms with Gasteiger partial charge in [0.1, 0.15) is 18.3 Å². The van der Waals surface area contributed by atoms with Gasteiger partial charge in [-0.2, -0.15) is 0 Å². The maximum absolute atomic E-state index is 14.2. The molecule has 0 aromatic heterocycles. The van der Waals surface area contributed by atoms with Gasteiger partial charge in [-0.3, -0.25) is 13.9 Å². The van der Waals surface area contributed by atoms with Gasteiger partial charge in [0.05, 0.1) is 28.6 Å². The standard InChI is InChI=1S/C31H37Cl2N3O5S/c1-6-41-28-15-11-10-14-26(28)36(42(5,39)40)21-29(37)35(20-23-16-17-24(32)25(33)18-23)27(30(38)34-31(2,3)4)19-22-12-8-7-9-13-22/h7-18,27H,6,19-21H2,1-5H3,(H,34,38). The molecule has 3 aromatic carbocycles. The van der Waals surface area contributed by atoms with Gasteiger partial charge >= 0.3 is 0 Å². The second-order valence-corrected chi connectivity index (χ2v) is 13.6. The molecule has 8 nitrogen and oxygen atoms in total. The minimum Gasteiger partial charge on any atom is -0.492 e. The van der Waals surface area contributed by atoms with E-state index in [4.69, 9.17) is 27.9 Å². The van der Waals surface area contributed by atoms with E-state index < -0.39 is 34.1 Å². The normalized spacial score (nSPS) is 12.4. The van der Waals surface area contributed by atoms with Gasteiger partial charge in [0.25, 0.3) is 0 Å². The van der Waals surface area contributed by atoms with Crippen molar-refractivity contribution in [1.29, 1.82) is 0 Å². The largest absolute Gasteiger partial charge is 0.492 e. The lowest BCUT2D eigenvalue weighted by Gasteiger charge is -2.35. The predicted molar refractivity (Wildman–Crippen MR) is 169 cm³/mol. The summed E-state index contributed by atoms with van der Waals surface area (Å²) in [6, 6.07) is 19.9. The summed E-state index contributed by atoms with van der Waals surface area (Å²) in [5, 5.41) is 3.63. The fourth-order valence-electron chi connectivity index (χ4n) is 4.38. The van der Waals surface area contributed by atoms with Gasteiger partial charge in [0.15, 0.2) is 0 Å². The number of halogens is 2. The maximum Gasteiger partial charge on any atom is 0.244 e. The van der Waals surface area contributed by atoms with Gasteiger partial charge in [-0.25, -0.2) is 8.42 Å². The average molecular weight is 635 g/mol. The molecule has 42 heavy (non-hydrogen) atoms. The summed E-state index contributed by atoms with van der Waals surface area (Å²) in [7, 11) is -3.94. The minimum absolute atomic E-state index is 0.0184. The number of benzene rings is 3. The molecule has 2 amide bonds. The summed E-state index contributed by atoms with van der Waals surface area (Å²) in [6.07, 6.45) is 1.23. The molecule has 0 radical (unpaired) electrons. The first-order valence-electron chi connectivity index (χ1n) is 13.5. The van der Waals surface area contributed by atoms with Crippen molar-refractivity contribution in [3.05, 3.63) is 94.0 Å². The van der Waals surface area contributed by atoms with Gasteiger partial charge in [-0.1, -0.05) is 71.7 Å². The zero-order valence-corrected chi connectivity index (χ0v) is 26.8. The Bertz CT molecular complexity index is 1490. The lowest BCUT2D eigenvalue weighted by Crippen LogP contribution is -2.56. The molecule has 1 atom stereocenters. The van der Waals surface area contributed by atoms with E-state index >= 15 is 0 Å². The Labute approximate surface area is 258 Å². The second-order valence-electron chi connectivity index (χ2n) is 10.9. The smallest absolute Gasteiger partial charge is 0.244 e. The lowest BCUT2D eigenvalue weighted by atomic mass is 10.0. The van der Waals surface area contributed by atoms with Gasteiger partial charge < -0.3 is 15.0 Å². The number of carbonyl (C=O) groups excluding carboxylic acids is 2. The van der Waals surface area contributed by atoms with Gasteiger partial charge in [0.2, 0.25) is 21.8 Å². The van der Waals surface area contributed by atoms with Crippen molar-refractivity contribution in [2.45, 2.75) is 52.2 Å². The molecule has 226 valence electrons. The van der Waals surface area contributed by atoms with E-state index in [1.54, 1.807) is 49.4 Å². The van der Waals surface area contributed by atoms with Crippen LogP contribution >= 0.6 is 23.2 Å². The van der Waals surface area contributed by atoms with Crippen LogP contribution in [0.25, 0.3) is 0 Å². The molecule has 1 unspecified atom stereocenters. The third-order valence-corrected chi connectivity index (χ3v) is 8.08. The molecule has 3 aromatic rings. The molecule has 0 aliphatic rings. The SMILES string of the molecule is CCOc1ccccc1N(CC(=O)N(Cc1ccc(Cl)c(Cl)c1)C(Cc1ccccc1)C(=O)NC(C)(C)C)S(C)(=O)=O. The second kappa shape index (κ2) is 14.3. The van der Waals surface area contributed by atoms with Crippen LogP contribution in [0.15, 0.2) is 72.8 Å². The number of ether oxygens (including phenoxy) is 1. The molecule has 0 fully saturated rings. The van der Waals surface area contributed by atoms with Crippen LogP contribution in [0, 0.1) is 0 Å². The van der Waals surface area contributed by atoms with Gasteiger partial charge in [0, 0.05) is 18.5 Å². The Morgan fingerprint density at radius 2 is 1.57 bits per heavy atom. The van der Waals surface area contributed by atoms with Crippen molar-refractivity contribution in [2.75, 3.05) is 23.7 Å². The van der Waals surface area contributed by atoms with Crippen molar-refractivity contribution in [3.63, 3.8) is 0 Å². The number of para-hydroxylation sites is 2. The third kappa shape index (κ3) is 9.37. The summed E-state index contributed by atoms with van der Waals surface area (Å²) in [5.74, 6) is -0.635. The number of hydrogen-bond donors (Lipinski definition) is 1. The van der Waals surface area contributed by atoms with Crippen LogP contribution in [-0.2, 0) is 32.6 Å². The highest BCUT2D eigenvalue weighted by Crippen LogP contribution is 2.30. The highest BCUT2D eigenvalue weighted by Gasteiger charge is 2.35. The lowest BCUT2D eigenvalue weighted by molar-refractivity contribution is -0.140. The summed E-state index contributed by atoms with van der Waals surface area (Å²) >= 11 is 12.4. The summed E-state index contributed by atoms with van der Waals surface area (Å²) < 4.78 is 32.8. The van der Waals surface area contributed by atoms with E-state index in [1.165, 1.54) is 4.90 Å². The van der Waals surface area contributed by atoms with E-state index in [2.05, 4.69) is 5.32 Å². The van der Waals surface area contributed by atoms with Crippen LogP contribution in [0.5, 0.6) is 5.75 Å². The van der Waals surface area contributed by atoms with Crippen molar-refractivity contribution in [1.82, 2.24) is 10.2 Å². The fourth-order valence-corrected chi connectivity index (χ4v) is 5.55. The topological polar surface area (TPSA) is 96.0 Å². The van der Waals surface area contributed by atoms with Crippen molar-refractivity contribution < 1.29 is 22.7 Å². The number of anilines is 1. The van der Waals surface area contributed by atoms with Crippen LogP contribution in [0.4, 0.5) is 5.69 Å². The maximum atomic E-state index is 14.2. The predicted octanol–water partition coefficient (Wildman–Crippen LogP) is 5.71. The molecule has 0 aliphatic carbocycles. The average Bonchev–Trinajstić information content (AvgIpc) is 2.90. The highest BCUT2D eigenvalue weighted by atomic mass is 35.5. The number of hydrogen-bond acceptors (Lipinski definition) is 5. The Hall–Kier alpha value is -3.27. The van der Waals surface area contributed by atoms with Crippen molar-refractivity contribution in [3.8, 4) is 5.75 Å². The molecule has 0 heterocycles. The molecule has 0 saturated carbocycles. The summed E-state index contributed by atoms with van der Waals surface area (Å²) in [6.45, 7) is 7.07. The molecule has 3 rings (SSSR count). The van der Waals surface area contributed by atoms with E-state index in [0.717, 1.165) is 16.1 Å². The number of rotatable bonds is 12. The Morgan fingerprint density at radius 3 is 2.17 bits per heavy atom. The fraction of sp³-hybridized carbons (Fsp3) is 0.355. The van der Waals surface area contributed by atoms with Crippen molar-refractivity contribution in [2.24, 2.45) is 0 Å². The van der Waals surface area contributed by atoms with E-state index in [9.17, 15) is 18.0 Å². The zero-order chi connectivity index (χ0) is 31.1. The molecule has 1 N–H and O–H groups in total. The first kappa shape index (κ1) is 33.2. The molecule has 11 heteroatoms. The molecular weight excluding hydrogens is 597 g/mol. The zero-order valence-electron chi connectivity index (χ0n) is 24.4. The molecule has 0 aliphatic heterocycles. The highest BCUT2D eigenvalue weighted by molar-refractivity contribution is 7.92. The number of nitrogens with zero attached hydrogens (tertiary/aromatic N) is 2. The van der Waals surface area contributed by atoms with Crippen LogP contribution in [0.2, 0.25) is 10.0 Å². The first-order valence-corrected chi connectivity index (χ1v) is 16.1. The van der Waals surface area contributed by atoms with Crippen LogP contribution in [-0.4, -0.2) is 56.1 Å². The van der Waals surface area contributed by atoms with Gasteiger partial charge in [-0.15, -0.1) is 0 Å². The van der Waals surface area contributed by atoms with Crippen LogP contribution in [0.3, 0.4) is 0 Å². The Balaban J connectivity index is 2.12. The monoisotopic (exact) mass is 633 g/mol. The number of amides is 2. The molecule has 0 spiro atoms. The Morgan fingerprint density at radius 1 is 0.929 bits per heavy atom. The molecule has 0 saturated heterocycles. The summed E-state index contributed by atoms with van der Waals surface area (Å²) in [4.78, 5) is 29.4. The van der Waals surface area contributed by atoms with E-state index in [0.29, 0.717) is 28.0 Å². The first-order chi connectivity index (χ1) is 19.7.